The number of aromatic nitrogens is 2. The molecule has 1 amide bonds. The molecule has 1 N–H and O–H groups in total. The minimum Gasteiger partial charge on any atom is -0.338 e. The van der Waals surface area contributed by atoms with E-state index in [0.29, 0.717) is 23.3 Å². The monoisotopic (exact) mass is 424 g/mol. The van der Waals surface area contributed by atoms with Crippen molar-refractivity contribution in [3.8, 4) is 11.4 Å². The molecule has 30 heavy (non-hydrogen) atoms. The maximum atomic E-state index is 12.7. The number of benzene rings is 2. The van der Waals surface area contributed by atoms with Gasteiger partial charge in [0, 0.05) is 22.2 Å². The SMILES string of the molecule is Cc1ccc(C)c(NC(=O)C2CCN(Cc3nc(-c4cccc(Cl)c4)no3)CC2)c1. The van der Waals surface area contributed by atoms with E-state index in [4.69, 9.17) is 16.1 Å². The van der Waals surface area contributed by atoms with E-state index in [9.17, 15) is 4.79 Å². The number of aryl methyl sites for hydroxylation is 2. The topological polar surface area (TPSA) is 71.3 Å². The summed E-state index contributed by atoms with van der Waals surface area (Å²) in [4.78, 5) is 19.4. The molecular weight excluding hydrogens is 400 g/mol. The van der Waals surface area contributed by atoms with E-state index >= 15 is 0 Å². The van der Waals surface area contributed by atoms with Crippen molar-refractivity contribution in [2.45, 2.75) is 33.2 Å². The Bertz CT molecular complexity index is 1040. The van der Waals surface area contributed by atoms with Crippen LogP contribution in [0.3, 0.4) is 0 Å². The predicted octanol–water partition coefficient (Wildman–Crippen LogP) is 4.86. The maximum Gasteiger partial charge on any atom is 0.241 e. The first-order chi connectivity index (χ1) is 14.5. The van der Waals surface area contributed by atoms with Crippen LogP contribution in [0.2, 0.25) is 5.02 Å². The van der Waals surface area contributed by atoms with Crippen LogP contribution in [0, 0.1) is 19.8 Å². The lowest BCUT2D eigenvalue weighted by Crippen LogP contribution is -2.37. The fourth-order valence-corrected chi connectivity index (χ4v) is 3.90. The van der Waals surface area contributed by atoms with Gasteiger partial charge in [0.15, 0.2) is 0 Å². The van der Waals surface area contributed by atoms with Gasteiger partial charge in [0.25, 0.3) is 0 Å². The van der Waals surface area contributed by atoms with E-state index in [1.54, 1.807) is 0 Å². The molecule has 3 aromatic rings. The highest BCUT2D eigenvalue weighted by atomic mass is 35.5. The number of likely N-dealkylation sites (tertiary alicyclic amines) is 1. The molecule has 1 saturated heterocycles. The zero-order valence-corrected chi connectivity index (χ0v) is 17.9. The largest absolute Gasteiger partial charge is 0.338 e. The van der Waals surface area contributed by atoms with Crippen LogP contribution in [0.5, 0.6) is 0 Å². The highest BCUT2D eigenvalue weighted by molar-refractivity contribution is 6.30. The number of nitrogens with one attached hydrogen (secondary N) is 1. The number of hydrogen-bond acceptors (Lipinski definition) is 5. The zero-order chi connectivity index (χ0) is 21.1. The van der Waals surface area contributed by atoms with Crippen molar-refractivity contribution in [1.29, 1.82) is 0 Å². The van der Waals surface area contributed by atoms with Crippen molar-refractivity contribution in [1.82, 2.24) is 15.0 Å². The molecule has 7 heteroatoms. The van der Waals surface area contributed by atoms with Crippen LogP contribution in [0.15, 0.2) is 47.0 Å². The Morgan fingerprint density at radius 1 is 1.20 bits per heavy atom. The van der Waals surface area contributed by atoms with Gasteiger partial charge in [0.1, 0.15) is 0 Å². The third-order valence-corrected chi connectivity index (χ3v) is 5.75. The number of rotatable bonds is 5. The summed E-state index contributed by atoms with van der Waals surface area (Å²) in [7, 11) is 0. The molecule has 1 aliphatic rings. The number of piperidine rings is 1. The quantitative estimate of drug-likeness (QED) is 0.633. The van der Waals surface area contributed by atoms with Crippen molar-refractivity contribution >= 4 is 23.2 Å². The van der Waals surface area contributed by atoms with Crippen molar-refractivity contribution in [2.75, 3.05) is 18.4 Å². The van der Waals surface area contributed by atoms with Crippen molar-refractivity contribution < 1.29 is 9.32 Å². The molecule has 1 fully saturated rings. The van der Waals surface area contributed by atoms with Crippen LogP contribution in [-0.2, 0) is 11.3 Å². The fraction of sp³-hybridized carbons (Fsp3) is 0.348. The van der Waals surface area contributed by atoms with E-state index in [-0.39, 0.29) is 11.8 Å². The molecule has 2 heterocycles. The maximum absolute atomic E-state index is 12.7. The Hall–Kier alpha value is -2.70. The summed E-state index contributed by atoms with van der Waals surface area (Å²) in [5, 5.41) is 7.80. The summed E-state index contributed by atoms with van der Waals surface area (Å²) >= 11 is 6.04. The molecule has 1 aliphatic heterocycles. The third kappa shape index (κ3) is 4.89. The Kier molecular flexibility index (Phi) is 6.16. The van der Waals surface area contributed by atoms with Crippen LogP contribution in [-0.4, -0.2) is 34.0 Å². The standard InChI is InChI=1S/C23H25ClN4O2/c1-15-6-7-16(2)20(12-15)25-23(29)17-8-10-28(11-9-17)14-21-26-22(27-30-21)18-4-3-5-19(24)13-18/h3-7,12-13,17H,8-11,14H2,1-2H3,(H,25,29). The summed E-state index contributed by atoms with van der Waals surface area (Å²) in [5.74, 6) is 1.23. The van der Waals surface area contributed by atoms with E-state index in [1.807, 2.05) is 50.2 Å². The zero-order valence-electron chi connectivity index (χ0n) is 17.2. The second-order valence-corrected chi connectivity index (χ2v) is 8.32. The van der Waals surface area contributed by atoms with Gasteiger partial charge >= 0.3 is 0 Å². The molecule has 0 atom stereocenters. The predicted molar refractivity (Wildman–Crippen MR) is 117 cm³/mol. The van der Waals surface area contributed by atoms with Crippen molar-refractivity contribution in [3.63, 3.8) is 0 Å². The van der Waals surface area contributed by atoms with E-state index in [1.165, 1.54) is 0 Å². The van der Waals surface area contributed by atoms with E-state index < -0.39 is 0 Å². The number of carbonyl (C=O) groups excluding carboxylic acids is 1. The molecule has 0 radical (unpaired) electrons. The number of halogens is 1. The Morgan fingerprint density at radius 3 is 2.77 bits per heavy atom. The lowest BCUT2D eigenvalue weighted by molar-refractivity contribution is -0.121. The van der Waals surface area contributed by atoms with Gasteiger partial charge in [-0.05, 0) is 69.1 Å². The smallest absolute Gasteiger partial charge is 0.241 e. The number of amides is 1. The fourth-order valence-electron chi connectivity index (χ4n) is 3.71. The normalized spacial score (nSPS) is 15.3. The van der Waals surface area contributed by atoms with Crippen LogP contribution in [0.4, 0.5) is 5.69 Å². The van der Waals surface area contributed by atoms with Gasteiger partial charge < -0.3 is 9.84 Å². The first-order valence-corrected chi connectivity index (χ1v) is 10.5. The number of anilines is 1. The van der Waals surface area contributed by atoms with E-state index in [2.05, 4.69) is 26.4 Å². The highest BCUT2D eigenvalue weighted by Crippen LogP contribution is 2.24. The summed E-state index contributed by atoms with van der Waals surface area (Å²) in [6.45, 7) is 6.26. The third-order valence-electron chi connectivity index (χ3n) is 5.52. The molecular formula is C23H25ClN4O2. The average molecular weight is 425 g/mol. The molecule has 1 aromatic heterocycles. The van der Waals surface area contributed by atoms with Gasteiger partial charge in [-0.3, -0.25) is 9.69 Å². The van der Waals surface area contributed by atoms with Gasteiger partial charge in [-0.25, -0.2) is 0 Å². The molecule has 0 saturated carbocycles. The molecule has 6 nitrogen and oxygen atoms in total. The van der Waals surface area contributed by atoms with Crippen LogP contribution in [0.1, 0.15) is 29.9 Å². The van der Waals surface area contributed by atoms with Crippen LogP contribution >= 0.6 is 11.6 Å². The first-order valence-electron chi connectivity index (χ1n) is 10.2. The van der Waals surface area contributed by atoms with Gasteiger partial charge in [-0.15, -0.1) is 0 Å². The van der Waals surface area contributed by atoms with Gasteiger partial charge in [0.2, 0.25) is 17.6 Å². The van der Waals surface area contributed by atoms with E-state index in [0.717, 1.165) is 48.3 Å². The molecule has 2 aromatic carbocycles. The van der Waals surface area contributed by atoms with Crippen molar-refractivity contribution in [2.24, 2.45) is 5.92 Å². The first kappa shape index (κ1) is 20.6. The van der Waals surface area contributed by atoms with Crippen LogP contribution in [0.25, 0.3) is 11.4 Å². The van der Waals surface area contributed by atoms with Gasteiger partial charge in [-0.2, -0.15) is 4.98 Å². The Labute approximate surface area is 181 Å². The van der Waals surface area contributed by atoms with Gasteiger partial charge in [-0.1, -0.05) is 41.0 Å². The lowest BCUT2D eigenvalue weighted by Gasteiger charge is -2.30. The van der Waals surface area contributed by atoms with Gasteiger partial charge in [0.05, 0.1) is 6.54 Å². The van der Waals surface area contributed by atoms with Crippen molar-refractivity contribution in [3.05, 3.63) is 64.5 Å². The average Bonchev–Trinajstić information content (AvgIpc) is 3.20. The summed E-state index contributed by atoms with van der Waals surface area (Å²) in [6, 6.07) is 13.5. The second kappa shape index (κ2) is 8.98. The minimum atomic E-state index is 0.0193. The number of nitrogens with zero attached hydrogens (tertiary/aromatic N) is 3. The Morgan fingerprint density at radius 2 is 2.00 bits per heavy atom. The summed E-state index contributed by atoms with van der Waals surface area (Å²) in [6.07, 6.45) is 1.62. The Balaban J connectivity index is 1.31. The highest BCUT2D eigenvalue weighted by Gasteiger charge is 2.26. The molecule has 0 spiro atoms. The number of carbonyl (C=O) groups is 1. The lowest BCUT2D eigenvalue weighted by atomic mass is 9.95. The van der Waals surface area contributed by atoms with Crippen LogP contribution < -0.4 is 5.32 Å². The molecule has 0 bridgehead atoms. The summed E-state index contributed by atoms with van der Waals surface area (Å²) < 4.78 is 5.41. The molecule has 4 rings (SSSR count). The summed E-state index contributed by atoms with van der Waals surface area (Å²) in [5.41, 5.74) is 3.96. The number of hydrogen-bond donors (Lipinski definition) is 1. The molecule has 0 aliphatic carbocycles. The molecule has 156 valence electrons. The second-order valence-electron chi connectivity index (χ2n) is 7.88. The molecule has 0 unspecified atom stereocenters. The minimum absolute atomic E-state index is 0.0193.